The minimum atomic E-state index is 0.199. The molecular weight excluding hydrogens is 212 g/mol. The summed E-state index contributed by atoms with van der Waals surface area (Å²) in [7, 11) is 1.85. The van der Waals surface area contributed by atoms with E-state index in [1.807, 2.05) is 14.0 Å². The molecule has 0 aromatic rings. The molecule has 1 rings (SSSR count). The molecule has 17 heavy (non-hydrogen) atoms. The second kappa shape index (κ2) is 7.70. The zero-order chi connectivity index (χ0) is 12.7. The Hall–Kier alpha value is -0.570. The number of nitrogens with one attached hydrogen (secondary N) is 1. The minimum Gasteiger partial charge on any atom is -0.345 e. The van der Waals surface area contributed by atoms with Crippen molar-refractivity contribution < 1.29 is 4.79 Å². The zero-order valence-corrected chi connectivity index (χ0v) is 11.7. The summed E-state index contributed by atoms with van der Waals surface area (Å²) in [5.41, 5.74) is 0. The molecular formula is C14H28N2O. The van der Waals surface area contributed by atoms with Crippen molar-refractivity contribution >= 4 is 5.91 Å². The van der Waals surface area contributed by atoms with Gasteiger partial charge in [0.25, 0.3) is 0 Å². The molecule has 0 spiro atoms. The summed E-state index contributed by atoms with van der Waals surface area (Å²) in [5, 5.41) is 3.27. The van der Waals surface area contributed by atoms with E-state index in [4.69, 9.17) is 0 Å². The van der Waals surface area contributed by atoms with Crippen LogP contribution >= 0.6 is 0 Å². The number of carbonyl (C=O) groups is 1. The lowest BCUT2D eigenvalue weighted by atomic mass is 9.81. The Kier molecular flexibility index (Phi) is 6.56. The summed E-state index contributed by atoms with van der Waals surface area (Å²) < 4.78 is 0. The lowest BCUT2D eigenvalue weighted by molar-refractivity contribution is -0.128. The summed E-state index contributed by atoms with van der Waals surface area (Å²) in [6.07, 6.45) is 6.79. The third kappa shape index (κ3) is 5.53. The predicted molar refractivity (Wildman–Crippen MR) is 71.9 cm³/mol. The van der Waals surface area contributed by atoms with E-state index in [-0.39, 0.29) is 5.91 Å². The van der Waals surface area contributed by atoms with Gasteiger partial charge in [-0.2, -0.15) is 0 Å². The Bertz CT molecular complexity index is 230. The van der Waals surface area contributed by atoms with Gasteiger partial charge in [-0.15, -0.1) is 0 Å². The molecule has 1 aliphatic carbocycles. The zero-order valence-electron chi connectivity index (χ0n) is 11.7. The standard InChI is InChI=1S/C14H28N2O/c1-4-16(3)14(17)11-15-9-8-13-7-5-6-12(2)10-13/h12-13,15H,4-11H2,1-3H3. The highest BCUT2D eigenvalue weighted by Gasteiger charge is 2.18. The molecule has 1 saturated carbocycles. The molecule has 1 aliphatic rings. The van der Waals surface area contributed by atoms with E-state index >= 15 is 0 Å². The van der Waals surface area contributed by atoms with Gasteiger partial charge < -0.3 is 10.2 Å². The van der Waals surface area contributed by atoms with Crippen LogP contribution in [0.1, 0.15) is 46.0 Å². The van der Waals surface area contributed by atoms with Crippen molar-refractivity contribution in [3.63, 3.8) is 0 Å². The van der Waals surface area contributed by atoms with Crippen molar-refractivity contribution in [1.82, 2.24) is 10.2 Å². The Morgan fingerprint density at radius 1 is 1.41 bits per heavy atom. The van der Waals surface area contributed by atoms with Crippen LogP contribution < -0.4 is 5.32 Å². The van der Waals surface area contributed by atoms with Crippen LogP contribution in [-0.4, -0.2) is 37.5 Å². The highest BCUT2D eigenvalue weighted by molar-refractivity contribution is 5.77. The number of carbonyl (C=O) groups excluding carboxylic acids is 1. The highest BCUT2D eigenvalue weighted by Crippen LogP contribution is 2.30. The van der Waals surface area contributed by atoms with E-state index < -0.39 is 0 Å². The van der Waals surface area contributed by atoms with Crippen molar-refractivity contribution in [2.75, 3.05) is 26.7 Å². The topological polar surface area (TPSA) is 32.3 Å². The normalized spacial score (nSPS) is 24.6. The third-order valence-electron chi connectivity index (χ3n) is 3.95. The second-order valence-corrected chi connectivity index (χ2v) is 5.51. The molecule has 0 aromatic heterocycles. The van der Waals surface area contributed by atoms with Gasteiger partial charge in [0.1, 0.15) is 0 Å². The van der Waals surface area contributed by atoms with Gasteiger partial charge in [0.05, 0.1) is 6.54 Å². The van der Waals surface area contributed by atoms with E-state index in [9.17, 15) is 4.79 Å². The second-order valence-electron chi connectivity index (χ2n) is 5.51. The first-order valence-corrected chi connectivity index (χ1v) is 7.08. The molecule has 1 N–H and O–H groups in total. The lowest BCUT2D eigenvalue weighted by Gasteiger charge is -2.26. The van der Waals surface area contributed by atoms with Gasteiger partial charge in [-0.05, 0) is 38.1 Å². The van der Waals surface area contributed by atoms with Crippen molar-refractivity contribution in [3.8, 4) is 0 Å². The molecule has 2 atom stereocenters. The monoisotopic (exact) mass is 240 g/mol. The largest absolute Gasteiger partial charge is 0.345 e. The maximum Gasteiger partial charge on any atom is 0.236 e. The number of hydrogen-bond acceptors (Lipinski definition) is 2. The molecule has 0 aliphatic heterocycles. The molecule has 1 fully saturated rings. The van der Waals surface area contributed by atoms with Crippen LogP contribution in [0.15, 0.2) is 0 Å². The van der Waals surface area contributed by atoms with Crippen molar-refractivity contribution in [2.45, 2.75) is 46.0 Å². The highest BCUT2D eigenvalue weighted by atomic mass is 16.2. The predicted octanol–water partition coefficient (Wildman–Crippen LogP) is 2.27. The maximum absolute atomic E-state index is 11.5. The summed E-state index contributed by atoms with van der Waals surface area (Å²) >= 11 is 0. The minimum absolute atomic E-state index is 0.199. The molecule has 100 valence electrons. The summed E-state index contributed by atoms with van der Waals surface area (Å²) in [4.78, 5) is 13.3. The van der Waals surface area contributed by atoms with Crippen molar-refractivity contribution in [1.29, 1.82) is 0 Å². The molecule has 1 amide bonds. The van der Waals surface area contributed by atoms with E-state index in [0.29, 0.717) is 6.54 Å². The number of hydrogen-bond donors (Lipinski definition) is 1. The van der Waals surface area contributed by atoms with E-state index in [1.165, 1.54) is 32.1 Å². The van der Waals surface area contributed by atoms with E-state index in [0.717, 1.165) is 24.9 Å². The summed E-state index contributed by atoms with van der Waals surface area (Å²) in [5.74, 6) is 1.98. The Morgan fingerprint density at radius 2 is 2.18 bits per heavy atom. The molecule has 3 heteroatoms. The molecule has 0 bridgehead atoms. The number of likely N-dealkylation sites (N-methyl/N-ethyl adjacent to an activating group) is 1. The molecule has 3 nitrogen and oxygen atoms in total. The van der Waals surface area contributed by atoms with Gasteiger partial charge >= 0.3 is 0 Å². The van der Waals surface area contributed by atoms with Gasteiger partial charge in [0.2, 0.25) is 5.91 Å². The van der Waals surface area contributed by atoms with Crippen LogP contribution in [0.25, 0.3) is 0 Å². The van der Waals surface area contributed by atoms with Crippen LogP contribution in [0.2, 0.25) is 0 Å². The molecule has 0 saturated heterocycles. The average Bonchev–Trinajstić information content (AvgIpc) is 2.33. The fourth-order valence-corrected chi connectivity index (χ4v) is 2.63. The smallest absolute Gasteiger partial charge is 0.236 e. The van der Waals surface area contributed by atoms with Gasteiger partial charge in [-0.3, -0.25) is 4.79 Å². The Labute approximate surface area is 106 Å². The van der Waals surface area contributed by atoms with Crippen molar-refractivity contribution in [2.24, 2.45) is 11.8 Å². The Morgan fingerprint density at radius 3 is 2.82 bits per heavy atom. The van der Waals surface area contributed by atoms with Gasteiger partial charge in [0, 0.05) is 13.6 Å². The van der Waals surface area contributed by atoms with Gasteiger partial charge in [-0.25, -0.2) is 0 Å². The number of nitrogens with zero attached hydrogens (tertiary/aromatic N) is 1. The molecule has 2 unspecified atom stereocenters. The lowest BCUT2D eigenvalue weighted by Crippen LogP contribution is -2.36. The fourth-order valence-electron chi connectivity index (χ4n) is 2.63. The van der Waals surface area contributed by atoms with Crippen LogP contribution in [0.4, 0.5) is 0 Å². The first-order chi connectivity index (χ1) is 8.13. The quantitative estimate of drug-likeness (QED) is 0.722. The first-order valence-electron chi connectivity index (χ1n) is 7.08. The molecule has 0 radical (unpaired) electrons. The van der Waals surface area contributed by atoms with E-state index in [2.05, 4.69) is 12.2 Å². The third-order valence-corrected chi connectivity index (χ3v) is 3.95. The van der Waals surface area contributed by atoms with E-state index in [1.54, 1.807) is 4.90 Å². The molecule has 0 aromatic carbocycles. The Balaban J connectivity index is 2.05. The average molecular weight is 240 g/mol. The fraction of sp³-hybridized carbons (Fsp3) is 0.929. The van der Waals surface area contributed by atoms with Crippen LogP contribution in [0.5, 0.6) is 0 Å². The van der Waals surface area contributed by atoms with Crippen molar-refractivity contribution in [3.05, 3.63) is 0 Å². The van der Waals surface area contributed by atoms with Crippen LogP contribution in [0, 0.1) is 11.8 Å². The number of rotatable bonds is 6. The summed E-state index contributed by atoms with van der Waals surface area (Å²) in [6, 6.07) is 0. The first kappa shape index (κ1) is 14.5. The maximum atomic E-state index is 11.5. The van der Waals surface area contributed by atoms with Gasteiger partial charge in [0.15, 0.2) is 0 Å². The summed E-state index contributed by atoms with van der Waals surface area (Å²) in [6.45, 7) is 6.63. The molecule has 0 heterocycles. The van der Waals surface area contributed by atoms with Crippen LogP contribution in [-0.2, 0) is 4.79 Å². The number of amides is 1. The van der Waals surface area contributed by atoms with Crippen LogP contribution in [0.3, 0.4) is 0 Å². The van der Waals surface area contributed by atoms with Gasteiger partial charge in [-0.1, -0.05) is 26.2 Å². The SMILES string of the molecule is CCN(C)C(=O)CNCCC1CCCC(C)C1.